The molecule has 0 unspecified atom stereocenters. The van der Waals surface area contributed by atoms with Gasteiger partial charge in [0.15, 0.2) is 0 Å². The summed E-state index contributed by atoms with van der Waals surface area (Å²) in [5.41, 5.74) is 3.71. The predicted molar refractivity (Wildman–Crippen MR) is 125 cm³/mol. The number of carbonyl (C=O) groups excluding carboxylic acids is 1. The molecule has 1 amide bonds. The number of nitrogens with zero attached hydrogens (tertiary/aromatic N) is 3. The molecular weight excluding hydrogens is 384 g/mol. The fraction of sp³-hybridized carbons (Fsp3) is 0.385. The van der Waals surface area contributed by atoms with E-state index in [2.05, 4.69) is 41.5 Å². The third-order valence-electron chi connectivity index (χ3n) is 6.40. The van der Waals surface area contributed by atoms with Crippen LogP contribution in [0.15, 0.2) is 54.7 Å². The van der Waals surface area contributed by atoms with Gasteiger partial charge in [-0.05, 0) is 60.7 Å². The summed E-state index contributed by atoms with van der Waals surface area (Å²) in [5, 5.41) is 13.3. The zero-order chi connectivity index (χ0) is 21.6. The van der Waals surface area contributed by atoms with Gasteiger partial charge in [-0.1, -0.05) is 43.5 Å². The Kier molecular flexibility index (Phi) is 6.69. The number of benzene rings is 2. The molecule has 3 aromatic rings. The lowest BCUT2D eigenvalue weighted by Gasteiger charge is -2.31. The first-order valence-corrected chi connectivity index (χ1v) is 11.2. The van der Waals surface area contributed by atoms with E-state index < -0.39 is 0 Å². The highest BCUT2D eigenvalue weighted by Gasteiger charge is 2.17. The van der Waals surface area contributed by atoms with E-state index in [4.69, 9.17) is 5.26 Å². The standard InChI is InChI=1S/C26H30N4O/c1-29(24-8-3-2-4-9-24)15-13-28-26(31)19-30-14-12-21-10-11-23(17-25(21)30)22-7-5-6-20(16-22)18-27/h5-7,10-12,14,16-17,24H,2-4,8-9,13,15,19H2,1H3,(H,28,31). The third-order valence-corrected chi connectivity index (χ3v) is 6.40. The maximum Gasteiger partial charge on any atom is 0.239 e. The fourth-order valence-corrected chi connectivity index (χ4v) is 4.56. The molecule has 2 aromatic carbocycles. The number of carbonyl (C=O) groups is 1. The van der Waals surface area contributed by atoms with E-state index in [1.807, 2.05) is 35.0 Å². The average Bonchev–Trinajstić information content (AvgIpc) is 3.21. The summed E-state index contributed by atoms with van der Waals surface area (Å²) >= 11 is 0. The summed E-state index contributed by atoms with van der Waals surface area (Å²) in [6, 6.07) is 18.7. The van der Waals surface area contributed by atoms with Crippen molar-refractivity contribution in [2.75, 3.05) is 20.1 Å². The summed E-state index contributed by atoms with van der Waals surface area (Å²) in [5.74, 6) is 0.0337. The molecule has 1 N–H and O–H groups in total. The Morgan fingerprint density at radius 1 is 1.13 bits per heavy atom. The zero-order valence-electron chi connectivity index (χ0n) is 18.2. The number of hydrogen-bond acceptors (Lipinski definition) is 3. The molecule has 1 aliphatic rings. The van der Waals surface area contributed by atoms with Crippen molar-refractivity contribution >= 4 is 16.8 Å². The van der Waals surface area contributed by atoms with E-state index in [0.29, 0.717) is 24.7 Å². The lowest BCUT2D eigenvalue weighted by atomic mass is 9.94. The van der Waals surface area contributed by atoms with Crippen LogP contribution in [0.4, 0.5) is 0 Å². The second-order valence-electron chi connectivity index (χ2n) is 8.53. The van der Waals surface area contributed by atoms with Crippen LogP contribution in [-0.2, 0) is 11.3 Å². The number of aromatic nitrogens is 1. The molecule has 0 bridgehead atoms. The van der Waals surface area contributed by atoms with E-state index in [1.165, 1.54) is 32.1 Å². The van der Waals surface area contributed by atoms with Crippen LogP contribution in [0.2, 0.25) is 0 Å². The monoisotopic (exact) mass is 414 g/mol. The molecule has 0 saturated heterocycles. The van der Waals surface area contributed by atoms with Crippen LogP contribution < -0.4 is 5.32 Å². The highest BCUT2D eigenvalue weighted by molar-refractivity contribution is 5.87. The highest BCUT2D eigenvalue weighted by Crippen LogP contribution is 2.26. The van der Waals surface area contributed by atoms with Crippen molar-refractivity contribution in [3.63, 3.8) is 0 Å². The molecule has 1 saturated carbocycles. The normalized spacial score (nSPS) is 14.6. The number of nitriles is 1. The van der Waals surface area contributed by atoms with Crippen LogP contribution >= 0.6 is 0 Å². The number of amides is 1. The molecule has 1 fully saturated rings. The minimum absolute atomic E-state index is 0.0337. The SMILES string of the molecule is CN(CCNC(=O)Cn1ccc2ccc(-c3cccc(C#N)c3)cc21)C1CCCCC1. The van der Waals surface area contributed by atoms with Crippen molar-refractivity contribution in [1.82, 2.24) is 14.8 Å². The molecule has 0 aliphatic heterocycles. The summed E-state index contributed by atoms with van der Waals surface area (Å²) in [4.78, 5) is 15.0. The van der Waals surface area contributed by atoms with E-state index in [9.17, 15) is 4.79 Å². The van der Waals surface area contributed by atoms with Crippen molar-refractivity contribution in [2.24, 2.45) is 0 Å². The maximum atomic E-state index is 12.6. The quantitative estimate of drug-likeness (QED) is 0.616. The number of likely N-dealkylation sites (N-methyl/N-ethyl adjacent to an activating group) is 1. The van der Waals surface area contributed by atoms with E-state index >= 15 is 0 Å². The lowest BCUT2D eigenvalue weighted by molar-refractivity contribution is -0.121. The lowest BCUT2D eigenvalue weighted by Crippen LogP contribution is -2.40. The number of rotatable bonds is 7. The molecule has 1 heterocycles. The van der Waals surface area contributed by atoms with Gasteiger partial charge in [0.25, 0.3) is 0 Å². The number of hydrogen-bond donors (Lipinski definition) is 1. The molecule has 0 radical (unpaired) electrons. The van der Waals surface area contributed by atoms with Crippen molar-refractivity contribution in [1.29, 1.82) is 5.26 Å². The van der Waals surface area contributed by atoms with E-state index in [0.717, 1.165) is 28.6 Å². The van der Waals surface area contributed by atoms with Crippen LogP contribution in [0.3, 0.4) is 0 Å². The minimum Gasteiger partial charge on any atom is -0.353 e. The first-order chi connectivity index (χ1) is 15.1. The summed E-state index contributed by atoms with van der Waals surface area (Å²) in [6.45, 7) is 1.87. The van der Waals surface area contributed by atoms with Gasteiger partial charge in [0.2, 0.25) is 5.91 Å². The summed E-state index contributed by atoms with van der Waals surface area (Å²) in [7, 11) is 2.17. The van der Waals surface area contributed by atoms with Gasteiger partial charge in [0.05, 0.1) is 11.6 Å². The molecule has 1 aromatic heterocycles. The molecular formula is C26H30N4O. The molecule has 160 valence electrons. The topological polar surface area (TPSA) is 61.1 Å². The molecule has 1 aliphatic carbocycles. The van der Waals surface area contributed by atoms with Crippen LogP contribution in [0.1, 0.15) is 37.7 Å². The minimum atomic E-state index is 0.0337. The Morgan fingerprint density at radius 3 is 2.74 bits per heavy atom. The molecule has 4 rings (SSSR count). The van der Waals surface area contributed by atoms with Crippen molar-refractivity contribution in [3.8, 4) is 17.2 Å². The van der Waals surface area contributed by atoms with Gasteiger partial charge in [-0.25, -0.2) is 0 Å². The zero-order valence-corrected chi connectivity index (χ0v) is 18.2. The van der Waals surface area contributed by atoms with Crippen LogP contribution in [-0.4, -0.2) is 41.6 Å². The van der Waals surface area contributed by atoms with Gasteiger partial charge in [-0.3, -0.25) is 4.79 Å². The van der Waals surface area contributed by atoms with Crippen LogP contribution in [0.5, 0.6) is 0 Å². The highest BCUT2D eigenvalue weighted by atomic mass is 16.1. The van der Waals surface area contributed by atoms with E-state index in [-0.39, 0.29) is 5.91 Å². The molecule has 0 atom stereocenters. The number of fused-ring (bicyclic) bond motifs is 1. The summed E-state index contributed by atoms with van der Waals surface area (Å²) in [6.07, 6.45) is 8.53. The number of nitrogens with one attached hydrogen (secondary N) is 1. The van der Waals surface area contributed by atoms with Gasteiger partial charge in [0.1, 0.15) is 6.54 Å². The maximum absolute atomic E-state index is 12.6. The van der Waals surface area contributed by atoms with Gasteiger partial charge in [0, 0.05) is 30.8 Å². The Labute approximate surface area is 184 Å². The first kappa shape index (κ1) is 21.1. The Hall–Kier alpha value is -3.10. The summed E-state index contributed by atoms with van der Waals surface area (Å²) < 4.78 is 1.99. The Bertz CT molecular complexity index is 1090. The smallest absolute Gasteiger partial charge is 0.239 e. The second kappa shape index (κ2) is 9.80. The molecule has 5 heteroatoms. The third kappa shape index (κ3) is 5.15. The van der Waals surface area contributed by atoms with Gasteiger partial charge in [-0.15, -0.1) is 0 Å². The van der Waals surface area contributed by atoms with Gasteiger partial charge < -0.3 is 14.8 Å². The average molecular weight is 415 g/mol. The molecule has 0 spiro atoms. The largest absolute Gasteiger partial charge is 0.353 e. The Morgan fingerprint density at radius 2 is 1.94 bits per heavy atom. The van der Waals surface area contributed by atoms with Crippen molar-refractivity contribution in [3.05, 3.63) is 60.3 Å². The Balaban J connectivity index is 1.38. The fourth-order valence-electron chi connectivity index (χ4n) is 4.56. The predicted octanol–water partition coefficient (Wildman–Crippen LogP) is 4.56. The van der Waals surface area contributed by atoms with Crippen molar-refractivity contribution < 1.29 is 4.79 Å². The first-order valence-electron chi connectivity index (χ1n) is 11.2. The van der Waals surface area contributed by atoms with Crippen LogP contribution in [0, 0.1) is 11.3 Å². The second-order valence-corrected chi connectivity index (χ2v) is 8.53. The van der Waals surface area contributed by atoms with Gasteiger partial charge >= 0.3 is 0 Å². The van der Waals surface area contributed by atoms with E-state index in [1.54, 1.807) is 6.07 Å². The van der Waals surface area contributed by atoms with Gasteiger partial charge in [-0.2, -0.15) is 5.26 Å². The molecule has 5 nitrogen and oxygen atoms in total. The van der Waals surface area contributed by atoms with Crippen molar-refractivity contribution in [2.45, 2.75) is 44.7 Å². The van der Waals surface area contributed by atoms with Crippen LogP contribution in [0.25, 0.3) is 22.0 Å². The molecule has 31 heavy (non-hydrogen) atoms.